The van der Waals surface area contributed by atoms with E-state index in [1.54, 1.807) is 30.5 Å². The van der Waals surface area contributed by atoms with Crippen LogP contribution in [0.2, 0.25) is 0 Å². The molecular weight excluding hydrogens is 256 g/mol. The Labute approximate surface area is 116 Å². The summed E-state index contributed by atoms with van der Waals surface area (Å²) in [5, 5.41) is 9.68. The number of pyridine rings is 1. The van der Waals surface area contributed by atoms with Crippen LogP contribution in [0.15, 0.2) is 49.2 Å². The fourth-order valence-corrected chi connectivity index (χ4v) is 1.93. The van der Waals surface area contributed by atoms with E-state index in [-0.39, 0.29) is 19.0 Å². The maximum absolute atomic E-state index is 12.3. The average molecular weight is 270 g/mol. The predicted octanol–water partition coefficient (Wildman–Crippen LogP) is 1.95. The molecule has 0 saturated heterocycles. The molecule has 0 aliphatic rings. The molecule has 20 heavy (non-hydrogen) atoms. The third-order valence-electron chi connectivity index (χ3n) is 2.81. The van der Waals surface area contributed by atoms with Crippen molar-refractivity contribution in [2.45, 2.75) is 0 Å². The second kappa shape index (κ2) is 5.97. The Morgan fingerprint density at radius 1 is 1.35 bits per heavy atom. The number of rotatable bonds is 5. The molecule has 0 aliphatic carbocycles. The van der Waals surface area contributed by atoms with Gasteiger partial charge < -0.3 is 10.0 Å². The highest BCUT2D eigenvalue weighted by Crippen LogP contribution is 2.15. The molecule has 0 spiro atoms. The van der Waals surface area contributed by atoms with Crippen LogP contribution >= 0.6 is 0 Å². The largest absolute Gasteiger partial charge is 0.480 e. The van der Waals surface area contributed by atoms with Crippen LogP contribution in [0.25, 0.3) is 10.9 Å². The molecule has 0 fully saturated rings. The molecule has 1 aromatic heterocycles. The van der Waals surface area contributed by atoms with Crippen molar-refractivity contribution in [3.8, 4) is 0 Å². The van der Waals surface area contributed by atoms with Crippen molar-refractivity contribution in [3.63, 3.8) is 0 Å². The van der Waals surface area contributed by atoms with E-state index >= 15 is 0 Å². The van der Waals surface area contributed by atoms with E-state index in [1.807, 2.05) is 6.07 Å². The first-order chi connectivity index (χ1) is 9.61. The fraction of sp³-hybridized carbons (Fsp3) is 0.133. The quantitative estimate of drug-likeness (QED) is 0.843. The topological polar surface area (TPSA) is 70.5 Å². The van der Waals surface area contributed by atoms with Gasteiger partial charge in [0.1, 0.15) is 6.54 Å². The number of hydrogen-bond donors (Lipinski definition) is 1. The first-order valence-corrected chi connectivity index (χ1v) is 6.08. The van der Waals surface area contributed by atoms with Crippen molar-refractivity contribution in [1.29, 1.82) is 0 Å². The van der Waals surface area contributed by atoms with Crippen LogP contribution in [-0.2, 0) is 4.79 Å². The number of benzene rings is 1. The van der Waals surface area contributed by atoms with Crippen molar-refractivity contribution < 1.29 is 14.7 Å². The number of amides is 1. The van der Waals surface area contributed by atoms with Gasteiger partial charge in [-0.25, -0.2) is 0 Å². The first kappa shape index (κ1) is 13.7. The zero-order valence-electron chi connectivity index (χ0n) is 10.8. The maximum atomic E-state index is 12.3. The number of nitrogens with zero attached hydrogens (tertiary/aromatic N) is 2. The number of carboxylic acid groups (broad SMARTS) is 1. The molecular formula is C15H14N2O3. The number of aromatic nitrogens is 1. The van der Waals surface area contributed by atoms with Crippen LogP contribution in [0, 0.1) is 0 Å². The third kappa shape index (κ3) is 3.00. The van der Waals surface area contributed by atoms with Gasteiger partial charge in [-0.1, -0.05) is 12.1 Å². The lowest BCUT2D eigenvalue weighted by molar-refractivity contribution is -0.137. The SMILES string of the molecule is C=CCN(CC(=O)O)C(=O)c1ccc2ncccc2c1. The molecule has 1 N–H and O–H groups in total. The minimum absolute atomic E-state index is 0.191. The number of carbonyl (C=O) groups excluding carboxylic acids is 1. The minimum Gasteiger partial charge on any atom is -0.480 e. The molecule has 0 unspecified atom stereocenters. The molecule has 0 atom stereocenters. The summed E-state index contributed by atoms with van der Waals surface area (Å²) < 4.78 is 0. The molecule has 1 amide bonds. The standard InChI is InChI=1S/C15H14N2O3/c1-2-8-17(10-14(18)19)15(20)12-5-6-13-11(9-12)4-3-7-16-13/h2-7,9H,1,8,10H2,(H,18,19). The summed E-state index contributed by atoms with van der Waals surface area (Å²) in [7, 11) is 0. The molecule has 1 heterocycles. The van der Waals surface area contributed by atoms with Crippen LogP contribution in [0.1, 0.15) is 10.4 Å². The molecule has 0 radical (unpaired) electrons. The van der Waals surface area contributed by atoms with Gasteiger partial charge in [0.05, 0.1) is 5.52 Å². The monoisotopic (exact) mass is 270 g/mol. The Kier molecular flexibility index (Phi) is 4.10. The lowest BCUT2D eigenvalue weighted by Crippen LogP contribution is -2.35. The third-order valence-corrected chi connectivity index (χ3v) is 2.81. The molecule has 1 aromatic carbocycles. The van der Waals surface area contributed by atoms with E-state index in [9.17, 15) is 9.59 Å². The summed E-state index contributed by atoms with van der Waals surface area (Å²) in [5.74, 6) is -1.39. The van der Waals surface area contributed by atoms with E-state index < -0.39 is 5.97 Å². The predicted molar refractivity (Wildman–Crippen MR) is 75.5 cm³/mol. The van der Waals surface area contributed by atoms with Gasteiger partial charge in [0.2, 0.25) is 0 Å². The Balaban J connectivity index is 2.32. The van der Waals surface area contributed by atoms with Crippen LogP contribution in [0.5, 0.6) is 0 Å². The van der Waals surface area contributed by atoms with E-state index in [2.05, 4.69) is 11.6 Å². The minimum atomic E-state index is -1.05. The summed E-state index contributed by atoms with van der Waals surface area (Å²) in [4.78, 5) is 28.5. The highest BCUT2D eigenvalue weighted by Gasteiger charge is 2.17. The van der Waals surface area contributed by atoms with E-state index in [0.717, 1.165) is 10.9 Å². The Morgan fingerprint density at radius 3 is 2.85 bits per heavy atom. The van der Waals surface area contributed by atoms with E-state index in [0.29, 0.717) is 5.56 Å². The Hall–Kier alpha value is -2.69. The average Bonchev–Trinajstić information content (AvgIpc) is 2.45. The first-order valence-electron chi connectivity index (χ1n) is 6.08. The second-order valence-electron chi connectivity index (χ2n) is 4.28. The van der Waals surface area contributed by atoms with Gasteiger partial charge >= 0.3 is 5.97 Å². The Morgan fingerprint density at radius 2 is 2.15 bits per heavy atom. The highest BCUT2D eigenvalue weighted by atomic mass is 16.4. The van der Waals surface area contributed by atoms with Crippen LogP contribution in [-0.4, -0.2) is 40.0 Å². The molecule has 0 aliphatic heterocycles. The molecule has 5 heteroatoms. The van der Waals surface area contributed by atoms with Crippen molar-refractivity contribution in [2.24, 2.45) is 0 Å². The lowest BCUT2D eigenvalue weighted by Gasteiger charge is -2.19. The number of hydrogen-bond acceptors (Lipinski definition) is 3. The molecule has 5 nitrogen and oxygen atoms in total. The van der Waals surface area contributed by atoms with Crippen molar-refractivity contribution in [2.75, 3.05) is 13.1 Å². The summed E-state index contributed by atoms with van der Waals surface area (Å²) in [5.41, 5.74) is 1.23. The van der Waals surface area contributed by atoms with E-state index in [4.69, 9.17) is 5.11 Å². The van der Waals surface area contributed by atoms with Crippen molar-refractivity contribution in [1.82, 2.24) is 9.88 Å². The van der Waals surface area contributed by atoms with Crippen molar-refractivity contribution in [3.05, 3.63) is 54.7 Å². The van der Waals surface area contributed by atoms with Crippen LogP contribution in [0.3, 0.4) is 0 Å². The molecule has 0 saturated carbocycles. The van der Waals surface area contributed by atoms with Gasteiger partial charge in [-0.15, -0.1) is 6.58 Å². The maximum Gasteiger partial charge on any atom is 0.323 e. The zero-order valence-corrected chi connectivity index (χ0v) is 10.8. The van der Waals surface area contributed by atoms with Gasteiger partial charge in [0.25, 0.3) is 5.91 Å². The summed E-state index contributed by atoms with van der Waals surface area (Å²) in [6.45, 7) is 3.38. The molecule has 2 aromatic rings. The number of carboxylic acids is 1. The van der Waals surface area contributed by atoms with Gasteiger partial charge in [-0.2, -0.15) is 0 Å². The smallest absolute Gasteiger partial charge is 0.323 e. The highest BCUT2D eigenvalue weighted by molar-refractivity contribution is 5.99. The number of fused-ring (bicyclic) bond motifs is 1. The van der Waals surface area contributed by atoms with Crippen molar-refractivity contribution >= 4 is 22.8 Å². The fourth-order valence-electron chi connectivity index (χ4n) is 1.93. The van der Waals surface area contributed by atoms with Gasteiger partial charge in [-0.05, 0) is 24.3 Å². The van der Waals surface area contributed by atoms with Gasteiger partial charge in [0, 0.05) is 23.7 Å². The Bertz CT molecular complexity index is 667. The van der Waals surface area contributed by atoms with E-state index in [1.165, 1.54) is 11.0 Å². The van der Waals surface area contributed by atoms with Crippen LogP contribution in [0.4, 0.5) is 0 Å². The number of aliphatic carboxylic acids is 1. The summed E-state index contributed by atoms with van der Waals surface area (Å²) >= 11 is 0. The molecule has 102 valence electrons. The lowest BCUT2D eigenvalue weighted by atomic mass is 10.1. The van der Waals surface area contributed by atoms with Crippen LogP contribution < -0.4 is 0 Å². The van der Waals surface area contributed by atoms with Gasteiger partial charge in [0.15, 0.2) is 0 Å². The van der Waals surface area contributed by atoms with Gasteiger partial charge in [-0.3, -0.25) is 14.6 Å². The molecule has 0 bridgehead atoms. The summed E-state index contributed by atoms with van der Waals surface area (Å²) in [6, 6.07) is 8.75. The summed E-state index contributed by atoms with van der Waals surface area (Å²) in [6.07, 6.45) is 3.18. The zero-order chi connectivity index (χ0) is 14.5. The second-order valence-corrected chi connectivity index (χ2v) is 4.28. The normalized spacial score (nSPS) is 10.2. The molecule has 2 rings (SSSR count). The number of carbonyl (C=O) groups is 2.